The molecule has 0 aromatic carbocycles. The standard InChI is InChI=1S/C10H14ClNO3S3/c1-8-7-16-9(6-11)10(8)18(14,15)12-2-4-17(13)5-3-12/h7H,2-6H2,1H3. The van der Waals surface area contributed by atoms with Crippen molar-refractivity contribution in [2.75, 3.05) is 24.6 Å². The van der Waals surface area contributed by atoms with E-state index < -0.39 is 20.8 Å². The van der Waals surface area contributed by atoms with Gasteiger partial charge in [0, 0.05) is 40.3 Å². The van der Waals surface area contributed by atoms with Gasteiger partial charge in [-0.1, -0.05) is 0 Å². The first kappa shape index (κ1) is 14.5. The Kier molecular flexibility index (Phi) is 4.48. The van der Waals surface area contributed by atoms with Gasteiger partial charge >= 0.3 is 0 Å². The van der Waals surface area contributed by atoms with Crippen molar-refractivity contribution < 1.29 is 12.6 Å². The third-order valence-corrected chi connectivity index (χ3v) is 7.91. The van der Waals surface area contributed by atoms with Crippen molar-refractivity contribution in [2.24, 2.45) is 0 Å². The van der Waals surface area contributed by atoms with E-state index in [4.69, 9.17) is 11.6 Å². The van der Waals surface area contributed by atoms with E-state index in [1.165, 1.54) is 15.6 Å². The van der Waals surface area contributed by atoms with Crippen molar-refractivity contribution in [2.45, 2.75) is 17.7 Å². The largest absolute Gasteiger partial charge is 0.259 e. The first-order valence-corrected chi connectivity index (χ1v) is 9.79. The average Bonchev–Trinajstić information content (AvgIpc) is 2.71. The second kappa shape index (κ2) is 5.58. The highest BCUT2D eigenvalue weighted by molar-refractivity contribution is 7.89. The van der Waals surface area contributed by atoms with E-state index in [2.05, 4.69) is 0 Å². The maximum absolute atomic E-state index is 12.5. The molecule has 0 radical (unpaired) electrons. The first-order valence-electron chi connectivity index (χ1n) is 5.45. The number of aryl methyl sites for hydroxylation is 1. The first-order chi connectivity index (χ1) is 8.46. The van der Waals surface area contributed by atoms with Gasteiger partial charge in [-0.05, 0) is 17.9 Å². The summed E-state index contributed by atoms with van der Waals surface area (Å²) in [5, 5.41) is 1.81. The summed E-state index contributed by atoms with van der Waals surface area (Å²) >= 11 is 7.16. The molecule has 102 valence electrons. The third-order valence-electron chi connectivity index (χ3n) is 2.85. The number of sulfonamides is 1. The minimum absolute atomic E-state index is 0.201. The molecule has 1 fully saturated rings. The number of halogens is 1. The van der Waals surface area contributed by atoms with Gasteiger partial charge in [-0.2, -0.15) is 4.31 Å². The topological polar surface area (TPSA) is 54.5 Å². The predicted octanol–water partition coefficient (Wildman–Crippen LogP) is 1.55. The van der Waals surface area contributed by atoms with Crippen molar-refractivity contribution in [3.8, 4) is 0 Å². The van der Waals surface area contributed by atoms with Gasteiger partial charge in [0.1, 0.15) is 4.90 Å². The van der Waals surface area contributed by atoms with Crippen molar-refractivity contribution in [3.05, 3.63) is 15.8 Å². The summed E-state index contributed by atoms with van der Waals surface area (Å²) in [5.74, 6) is 1.03. The van der Waals surface area contributed by atoms with Gasteiger partial charge < -0.3 is 0 Å². The lowest BCUT2D eigenvalue weighted by Crippen LogP contribution is -2.42. The van der Waals surface area contributed by atoms with Gasteiger partial charge in [-0.15, -0.1) is 22.9 Å². The zero-order chi connectivity index (χ0) is 13.3. The van der Waals surface area contributed by atoms with Gasteiger partial charge in [0.2, 0.25) is 10.0 Å². The molecule has 2 rings (SSSR count). The minimum Gasteiger partial charge on any atom is -0.259 e. The van der Waals surface area contributed by atoms with Crippen LogP contribution in [0.25, 0.3) is 0 Å². The molecule has 0 atom stereocenters. The molecule has 0 saturated carbocycles. The zero-order valence-electron chi connectivity index (χ0n) is 9.89. The smallest absolute Gasteiger partial charge is 0.244 e. The van der Waals surface area contributed by atoms with Crippen LogP contribution in [0.5, 0.6) is 0 Å². The molecule has 0 unspecified atom stereocenters. The van der Waals surface area contributed by atoms with Crippen LogP contribution in [0.2, 0.25) is 0 Å². The highest BCUT2D eigenvalue weighted by atomic mass is 35.5. The van der Waals surface area contributed by atoms with Gasteiger partial charge in [-0.25, -0.2) is 8.42 Å². The third kappa shape index (κ3) is 2.65. The van der Waals surface area contributed by atoms with Crippen LogP contribution in [0.3, 0.4) is 0 Å². The molecule has 18 heavy (non-hydrogen) atoms. The van der Waals surface area contributed by atoms with Crippen LogP contribution in [0.1, 0.15) is 10.4 Å². The van der Waals surface area contributed by atoms with Crippen molar-refractivity contribution in [1.82, 2.24) is 4.31 Å². The van der Waals surface area contributed by atoms with E-state index >= 15 is 0 Å². The molecule has 4 nitrogen and oxygen atoms in total. The minimum atomic E-state index is -3.49. The average molecular weight is 328 g/mol. The molecule has 1 saturated heterocycles. The fraction of sp³-hybridized carbons (Fsp3) is 0.600. The van der Waals surface area contributed by atoms with Crippen LogP contribution < -0.4 is 0 Å². The lowest BCUT2D eigenvalue weighted by atomic mass is 10.3. The Bertz CT molecular complexity index is 557. The van der Waals surface area contributed by atoms with E-state index in [0.717, 1.165) is 5.56 Å². The van der Waals surface area contributed by atoms with E-state index in [1.807, 2.05) is 5.38 Å². The summed E-state index contributed by atoms with van der Waals surface area (Å²) < 4.78 is 37.8. The number of rotatable bonds is 3. The summed E-state index contributed by atoms with van der Waals surface area (Å²) in [7, 11) is -4.38. The Morgan fingerprint density at radius 3 is 2.61 bits per heavy atom. The monoisotopic (exact) mass is 327 g/mol. The van der Waals surface area contributed by atoms with Crippen molar-refractivity contribution in [3.63, 3.8) is 0 Å². The van der Waals surface area contributed by atoms with Gasteiger partial charge in [0.15, 0.2) is 0 Å². The molecule has 0 aliphatic carbocycles. The van der Waals surface area contributed by atoms with Crippen LogP contribution in [0.15, 0.2) is 10.3 Å². The molecular weight excluding hydrogens is 314 g/mol. The number of hydrogen-bond donors (Lipinski definition) is 0. The Morgan fingerprint density at radius 2 is 2.06 bits per heavy atom. The number of thiophene rings is 1. The molecule has 0 bridgehead atoms. The van der Waals surface area contributed by atoms with E-state index in [1.54, 1.807) is 6.92 Å². The lowest BCUT2D eigenvalue weighted by molar-refractivity contribution is 0.438. The molecule has 8 heteroatoms. The van der Waals surface area contributed by atoms with Crippen LogP contribution in [0.4, 0.5) is 0 Å². The summed E-state index contributed by atoms with van der Waals surface area (Å²) in [5.41, 5.74) is 0.738. The maximum Gasteiger partial charge on any atom is 0.244 e. The van der Waals surface area contributed by atoms with Crippen molar-refractivity contribution in [1.29, 1.82) is 0 Å². The second-order valence-electron chi connectivity index (χ2n) is 4.06. The fourth-order valence-electron chi connectivity index (χ4n) is 1.92. The predicted molar refractivity (Wildman–Crippen MR) is 75.2 cm³/mol. The van der Waals surface area contributed by atoms with E-state index in [0.29, 0.717) is 34.4 Å². The number of nitrogens with zero attached hydrogens (tertiary/aromatic N) is 1. The molecule has 1 aliphatic heterocycles. The van der Waals surface area contributed by atoms with E-state index in [9.17, 15) is 12.6 Å². The Hall–Kier alpha value is 0.0500. The Labute approximate surface area is 118 Å². The second-order valence-corrected chi connectivity index (χ2v) is 8.86. The summed E-state index contributed by atoms with van der Waals surface area (Å²) in [6.07, 6.45) is 0. The number of alkyl halides is 1. The molecule has 1 aromatic rings. The van der Waals surface area contributed by atoms with Crippen molar-refractivity contribution >= 4 is 43.8 Å². The van der Waals surface area contributed by atoms with Crippen LogP contribution in [-0.2, 0) is 26.7 Å². The van der Waals surface area contributed by atoms with Gasteiger partial charge in [0.25, 0.3) is 0 Å². The van der Waals surface area contributed by atoms with E-state index in [-0.39, 0.29) is 5.88 Å². The Balaban J connectivity index is 2.36. The molecule has 0 N–H and O–H groups in total. The fourth-order valence-corrected chi connectivity index (χ4v) is 6.65. The van der Waals surface area contributed by atoms with Crippen LogP contribution in [0, 0.1) is 6.92 Å². The number of hydrogen-bond acceptors (Lipinski definition) is 4. The van der Waals surface area contributed by atoms with Crippen LogP contribution >= 0.6 is 22.9 Å². The molecule has 0 amide bonds. The van der Waals surface area contributed by atoms with Gasteiger partial charge in [0.05, 0.1) is 5.88 Å². The summed E-state index contributed by atoms with van der Waals surface area (Å²) in [6, 6.07) is 0. The SMILES string of the molecule is Cc1csc(CCl)c1S(=O)(=O)N1CCS(=O)CC1. The maximum atomic E-state index is 12.5. The highest BCUT2D eigenvalue weighted by Gasteiger charge is 2.31. The molecule has 1 aliphatic rings. The molecule has 0 spiro atoms. The molecule has 2 heterocycles. The van der Waals surface area contributed by atoms with Crippen LogP contribution in [-0.4, -0.2) is 41.5 Å². The molecule has 1 aromatic heterocycles. The zero-order valence-corrected chi connectivity index (χ0v) is 13.1. The quantitative estimate of drug-likeness (QED) is 0.791. The van der Waals surface area contributed by atoms with Gasteiger partial charge in [-0.3, -0.25) is 4.21 Å². The summed E-state index contributed by atoms with van der Waals surface area (Å²) in [4.78, 5) is 1.02. The lowest BCUT2D eigenvalue weighted by Gasteiger charge is -2.26. The highest BCUT2D eigenvalue weighted by Crippen LogP contribution is 2.31. The normalized spacial score (nSPS) is 19.2. The molecular formula is C10H14ClNO3S3. The Morgan fingerprint density at radius 1 is 1.44 bits per heavy atom. The summed E-state index contributed by atoms with van der Waals surface area (Å²) in [6.45, 7) is 2.43.